The normalized spacial score (nSPS) is 22.3. The van der Waals surface area contributed by atoms with E-state index < -0.39 is 33.7 Å². The molecule has 178 valence electrons. The number of benzene rings is 1. The summed E-state index contributed by atoms with van der Waals surface area (Å²) in [6, 6.07) is 5.40. The Morgan fingerprint density at radius 2 is 2.00 bits per heavy atom. The number of anilines is 1. The van der Waals surface area contributed by atoms with E-state index in [4.69, 9.17) is 4.74 Å². The lowest BCUT2D eigenvalue weighted by molar-refractivity contribution is -0.122. The lowest BCUT2D eigenvalue weighted by Crippen LogP contribution is -2.37. The maximum Gasteiger partial charge on any atom is 0.265 e. The van der Waals surface area contributed by atoms with Crippen LogP contribution in [0.15, 0.2) is 24.3 Å². The van der Waals surface area contributed by atoms with Gasteiger partial charge in [0.1, 0.15) is 5.00 Å². The Kier molecular flexibility index (Phi) is 6.76. The van der Waals surface area contributed by atoms with Crippen molar-refractivity contribution >= 4 is 38.0 Å². The molecule has 2 heterocycles. The highest BCUT2D eigenvalue weighted by Gasteiger charge is 2.33. The summed E-state index contributed by atoms with van der Waals surface area (Å²) in [5.74, 6) is -1.00. The molecule has 2 N–H and O–H groups in total. The molecule has 1 aliphatic carbocycles. The molecule has 4 rings (SSSR count). The first kappa shape index (κ1) is 23.7. The van der Waals surface area contributed by atoms with Gasteiger partial charge in [-0.2, -0.15) is 0 Å². The highest BCUT2D eigenvalue weighted by Crippen LogP contribution is 2.40. The molecular formula is C23H27FN2O5S2. The van der Waals surface area contributed by atoms with Gasteiger partial charge in [0.05, 0.1) is 17.1 Å². The Labute approximate surface area is 196 Å². The topological polar surface area (TPSA) is 102 Å². The average molecular weight is 495 g/mol. The van der Waals surface area contributed by atoms with Crippen molar-refractivity contribution in [2.75, 3.05) is 16.8 Å². The predicted molar refractivity (Wildman–Crippen MR) is 125 cm³/mol. The van der Waals surface area contributed by atoms with Crippen LogP contribution in [0.3, 0.4) is 0 Å². The van der Waals surface area contributed by atoms with Gasteiger partial charge in [-0.25, -0.2) is 12.8 Å². The third-order valence-electron chi connectivity index (χ3n) is 6.05. The zero-order valence-corrected chi connectivity index (χ0v) is 20.2. The number of fused-ring (bicyclic) bond motifs is 1. The Hall–Kier alpha value is -2.46. The molecule has 1 saturated heterocycles. The number of thiophene rings is 1. The van der Waals surface area contributed by atoms with Gasteiger partial charge in [0, 0.05) is 10.9 Å². The molecule has 1 aromatic carbocycles. The van der Waals surface area contributed by atoms with E-state index in [0.717, 1.165) is 29.7 Å². The van der Waals surface area contributed by atoms with E-state index in [2.05, 4.69) is 17.6 Å². The van der Waals surface area contributed by atoms with Gasteiger partial charge in [0.2, 0.25) is 0 Å². The number of carbonyl (C=O) groups excluding carboxylic acids is 2. The van der Waals surface area contributed by atoms with Gasteiger partial charge in [0.25, 0.3) is 11.8 Å². The number of hydrogen-bond donors (Lipinski definition) is 2. The number of rotatable bonds is 6. The van der Waals surface area contributed by atoms with Gasteiger partial charge in [-0.05, 0) is 56.2 Å². The van der Waals surface area contributed by atoms with Gasteiger partial charge in [-0.1, -0.05) is 19.1 Å². The molecule has 0 saturated carbocycles. The van der Waals surface area contributed by atoms with E-state index in [1.807, 2.05) is 0 Å². The second-order valence-corrected chi connectivity index (χ2v) is 12.1. The van der Waals surface area contributed by atoms with Crippen molar-refractivity contribution < 1.29 is 27.1 Å². The van der Waals surface area contributed by atoms with Crippen LogP contribution in [0.4, 0.5) is 9.39 Å². The van der Waals surface area contributed by atoms with Gasteiger partial charge < -0.3 is 15.4 Å². The van der Waals surface area contributed by atoms with Crippen LogP contribution in [0.25, 0.3) is 0 Å². The van der Waals surface area contributed by atoms with Crippen LogP contribution in [0, 0.1) is 11.7 Å². The molecule has 0 bridgehead atoms. The molecule has 1 fully saturated rings. The molecule has 2 amide bonds. The summed E-state index contributed by atoms with van der Waals surface area (Å²) < 4.78 is 43.0. The van der Waals surface area contributed by atoms with Gasteiger partial charge in [0.15, 0.2) is 27.5 Å². The lowest BCUT2D eigenvalue weighted by atomic mass is 9.88. The fraction of sp³-hybridized carbons (Fsp3) is 0.478. The minimum Gasteiger partial charge on any atom is -0.478 e. The molecule has 0 spiro atoms. The zero-order valence-electron chi connectivity index (χ0n) is 18.5. The third-order valence-corrected chi connectivity index (χ3v) is 8.99. The Morgan fingerprint density at radius 3 is 2.70 bits per heavy atom. The van der Waals surface area contributed by atoms with E-state index in [9.17, 15) is 22.4 Å². The van der Waals surface area contributed by atoms with Crippen LogP contribution in [-0.2, 0) is 27.5 Å². The molecule has 0 unspecified atom stereocenters. The minimum atomic E-state index is -3.14. The third kappa shape index (κ3) is 5.38. The number of ether oxygens (including phenoxy) is 1. The molecule has 1 aliphatic heterocycles. The molecule has 1 aromatic heterocycles. The molecule has 0 radical (unpaired) electrons. The summed E-state index contributed by atoms with van der Waals surface area (Å²) in [6.45, 7) is 3.66. The first-order valence-corrected chi connectivity index (χ1v) is 13.6. The van der Waals surface area contributed by atoms with Gasteiger partial charge in [-0.3, -0.25) is 9.59 Å². The molecule has 2 aromatic rings. The number of amides is 2. The maximum absolute atomic E-state index is 13.9. The summed E-state index contributed by atoms with van der Waals surface area (Å²) in [5.41, 5.74) is 1.31. The van der Waals surface area contributed by atoms with Crippen molar-refractivity contribution in [3.63, 3.8) is 0 Å². The quantitative estimate of drug-likeness (QED) is 0.642. The summed E-state index contributed by atoms with van der Waals surface area (Å²) in [6.07, 6.45) is 1.86. The Morgan fingerprint density at radius 1 is 1.24 bits per heavy atom. The van der Waals surface area contributed by atoms with Crippen LogP contribution in [-0.4, -0.2) is 43.9 Å². The smallest absolute Gasteiger partial charge is 0.265 e. The predicted octanol–water partition coefficient (Wildman–Crippen LogP) is 3.33. The van der Waals surface area contributed by atoms with Crippen molar-refractivity contribution in [3.05, 3.63) is 46.1 Å². The Balaban J connectivity index is 1.55. The Bertz CT molecular complexity index is 1180. The molecule has 3 atom stereocenters. The minimum absolute atomic E-state index is 0.0279. The highest BCUT2D eigenvalue weighted by atomic mass is 32.2. The van der Waals surface area contributed by atoms with Crippen molar-refractivity contribution in [3.8, 4) is 5.75 Å². The SMILES string of the molecule is C[C@@H]1CCc2c(sc(NC(=O)[C@@H](C)Oc3ccccc3F)c2C(=O)N[C@@H]2CCS(=O)(=O)C2)C1. The van der Waals surface area contributed by atoms with E-state index in [0.29, 0.717) is 22.9 Å². The van der Waals surface area contributed by atoms with E-state index in [1.54, 1.807) is 6.07 Å². The molecule has 10 heteroatoms. The number of sulfone groups is 1. The average Bonchev–Trinajstić information content (AvgIpc) is 3.27. The monoisotopic (exact) mass is 494 g/mol. The van der Waals surface area contributed by atoms with E-state index in [-0.39, 0.29) is 23.2 Å². The van der Waals surface area contributed by atoms with Crippen LogP contribution < -0.4 is 15.4 Å². The summed E-state index contributed by atoms with van der Waals surface area (Å²) in [5, 5.41) is 6.06. The first-order chi connectivity index (χ1) is 15.6. The van der Waals surface area contributed by atoms with Crippen LogP contribution in [0.5, 0.6) is 5.75 Å². The second kappa shape index (κ2) is 9.42. The standard InChI is InChI=1S/C23H27FN2O5S2/c1-13-7-8-16-19(11-13)32-23(20(16)22(28)25-15-9-10-33(29,30)12-15)26-21(27)14(2)31-18-6-4-3-5-17(18)24/h3-6,13-15H,7-12H2,1-2H3,(H,25,28)(H,26,27)/t13-,14-,15-/m1/s1. The van der Waals surface area contributed by atoms with Crippen molar-refractivity contribution in [2.24, 2.45) is 5.92 Å². The summed E-state index contributed by atoms with van der Waals surface area (Å²) in [7, 11) is -3.14. The molecule has 2 aliphatic rings. The van der Waals surface area contributed by atoms with E-state index >= 15 is 0 Å². The van der Waals surface area contributed by atoms with E-state index in [1.165, 1.54) is 36.5 Å². The maximum atomic E-state index is 13.9. The van der Waals surface area contributed by atoms with Crippen LogP contribution in [0.1, 0.15) is 47.5 Å². The highest BCUT2D eigenvalue weighted by molar-refractivity contribution is 7.91. The van der Waals surface area contributed by atoms with Crippen LogP contribution in [0.2, 0.25) is 0 Å². The van der Waals surface area contributed by atoms with Gasteiger partial charge >= 0.3 is 0 Å². The van der Waals surface area contributed by atoms with Gasteiger partial charge in [-0.15, -0.1) is 11.3 Å². The number of para-hydroxylation sites is 1. The summed E-state index contributed by atoms with van der Waals surface area (Å²) in [4.78, 5) is 27.1. The largest absolute Gasteiger partial charge is 0.478 e. The van der Waals surface area contributed by atoms with Crippen molar-refractivity contribution in [1.29, 1.82) is 0 Å². The zero-order chi connectivity index (χ0) is 23.8. The fourth-order valence-corrected chi connectivity index (χ4v) is 7.33. The fourth-order valence-electron chi connectivity index (χ4n) is 4.24. The van der Waals surface area contributed by atoms with Crippen molar-refractivity contribution in [1.82, 2.24) is 5.32 Å². The molecular weight excluding hydrogens is 467 g/mol. The first-order valence-electron chi connectivity index (χ1n) is 11.0. The lowest BCUT2D eigenvalue weighted by Gasteiger charge is -2.19. The molecule has 33 heavy (non-hydrogen) atoms. The van der Waals surface area contributed by atoms with Crippen molar-refractivity contribution in [2.45, 2.75) is 51.7 Å². The van der Waals surface area contributed by atoms with Crippen LogP contribution >= 0.6 is 11.3 Å². The molecule has 7 nitrogen and oxygen atoms in total. The number of hydrogen-bond acceptors (Lipinski definition) is 6. The number of halogens is 1. The number of nitrogens with one attached hydrogen (secondary N) is 2. The number of carbonyl (C=O) groups is 2. The summed E-state index contributed by atoms with van der Waals surface area (Å²) >= 11 is 1.37. The second-order valence-electron chi connectivity index (χ2n) is 8.81.